The van der Waals surface area contributed by atoms with E-state index in [1.165, 1.54) is 6.42 Å². The van der Waals surface area contributed by atoms with E-state index in [9.17, 15) is 14.0 Å². The normalized spacial score (nSPS) is 40.7. The number of carbonyl (C=O) groups is 2. The summed E-state index contributed by atoms with van der Waals surface area (Å²) in [5, 5.41) is 4.61. The molecule has 0 aromatic heterocycles. The third-order valence-electron chi connectivity index (χ3n) is 4.41. The molecule has 0 aromatic carbocycles. The van der Waals surface area contributed by atoms with E-state index in [1.54, 1.807) is 0 Å². The number of hydrogen-bond donors (Lipinski definition) is 2. The Morgan fingerprint density at radius 2 is 1.88 bits per heavy atom. The number of hydrogen-bond acceptors (Lipinski definition) is 2. The van der Waals surface area contributed by atoms with Crippen molar-refractivity contribution in [1.82, 2.24) is 10.6 Å². The summed E-state index contributed by atoms with van der Waals surface area (Å²) in [6, 6.07) is -1.14. The van der Waals surface area contributed by atoms with Crippen molar-refractivity contribution in [2.75, 3.05) is 0 Å². The molecule has 0 radical (unpaired) electrons. The van der Waals surface area contributed by atoms with Crippen LogP contribution in [0.15, 0.2) is 0 Å². The maximum absolute atomic E-state index is 14.3. The van der Waals surface area contributed by atoms with Crippen LogP contribution in [0.4, 0.5) is 9.18 Å². The molecule has 3 fully saturated rings. The van der Waals surface area contributed by atoms with Gasteiger partial charge in [0.2, 0.25) is 5.67 Å². The first-order chi connectivity index (χ1) is 7.57. The summed E-state index contributed by atoms with van der Waals surface area (Å²) in [5.74, 6) is -0.752. The summed E-state index contributed by atoms with van der Waals surface area (Å²) in [5.41, 5.74) is -2.01. The highest BCUT2D eigenvalue weighted by Crippen LogP contribution is 2.59. The van der Waals surface area contributed by atoms with Gasteiger partial charge in [0.15, 0.2) is 0 Å². The van der Waals surface area contributed by atoms with Crippen molar-refractivity contribution < 1.29 is 14.0 Å². The van der Waals surface area contributed by atoms with Crippen LogP contribution in [0.5, 0.6) is 0 Å². The van der Waals surface area contributed by atoms with Crippen molar-refractivity contribution >= 4 is 11.9 Å². The molecule has 4 nitrogen and oxygen atoms in total. The van der Waals surface area contributed by atoms with Crippen LogP contribution >= 0.6 is 0 Å². The lowest BCUT2D eigenvalue weighted by Crippen LogP contribution is -2.79. The van der Waals surface area contributed by atoms with Gasteiger partial charge >= 0.3 is 6.03 Å². The zero-order valence-corrected chi connectivity index (χ0v) is 9.01. The molecule has 1 aliphatic heterocycles. The van der Waals surface area contributed by atoms with Crippen LogP contribution in [0.25, 0.3) is 0 Å². The maximum Gasteiger partial charge on any atom is 0.321 e. The Labute approximate surface area is 93.0 Å². The number of urea groups is 1. The van der Waals surface area contributed by atoms with Gasteiger partial charge in [-0.05, 0) is 18.3 Å². The van der Waals surface area contributed by atoms with E-state index in [2.05, 4.69) is 5.32 Å². The van der Waals surface area contributed by atoms with Gasteiger partial charge in [0.1, 0.15) is 0 Å². The Kier molecular flexibility index (Phi) is 1.86. The molecule has 2 aliphatic carbocycles. The van der Waals surface area contributed by atoms with Gasteiger partial charge in [-0.15, -0.1) is 0 Å². The Morgan fingerprint density at radius 1 is 1.19 bits per heavy atom. The molecule has 88 valence electrons. The smallest absolute Gasteiger partial charge is 0.321 e. The number of rotatable bonds is 0. The molecule has 2 N–H and O–H groups in total. The third-order valence-corrected chi connectivity index (χ3v) is 4.41. The molecule has 2 saturated carbocycles. The molecule has 0 aromatic rings. The Balaban J connectivity index is 1.88. The van der Waals surface area contributed by atoms with Gasteiger partial charge in [-0.1, -0.05) is 19.3 Å². The fourth-order valence-electron chi connectivity index (χ4n) is 3.65. The molecule has 5 heteroatoms. The number of amides is 3. The maximum atomic E-state index is 14.3. The fourth-order valence-corrected chi connectivity index (χ4v) is 3.65. The molecule has 16 heavy (non-hydrogen) atoms. The molecular weight excluding hydrogens is 211 g/mol. The highest BCUT2D eigenvalue weighted by atomic mass is 19.1. The number of carbonyl (C=O) groups excluding carboxylic acids is 2. The standard InChI is InChI=1S/C11H15FN2O2/c12-11-6-10(4-2-1-3-5-10)7(11)13-9(16)14-8(11)15/h7H,1-6H2,(H2,13,14,15,16). The lowest BCUT2D eigenvalue weighted by Gasteiger charge is -2.60. The van der Waals surface area contributed by atoms with E-state index in [-0.39, 0.29) is 11.8 Å². The SMILES string of the molecule is O=C1NC(=O)C2(F)CC3(CCCCC3)C2N1. The summed E-state index contributed by atoms with van der Waals surface area (Å²) >= 11 is 0. The number of imide groups is 1. The van der Waals surface area contributed by atoms with Crippen molar-refractivity contribution in [1.29, 1.82) is 0 Å². The van der Waals surface area contributed by atoms with E-state index < -0.39 is 23.6 Å². The minimum atomic E-state index is -1.86. The average molecular weight is 226 g/mol. The molecule has 2 atom stereocenters. The number of fused-ring (bicyclic) bond motifs is 2. The van der Waals surface area contributed by atoms with Crippen molar-refractivity contribution in [3.63, 3.8) is 0 Å². The first-order valence-electron chi connectivity index (χ1n) is 5.88. The van der Waals surface area contributed by atoms with Crippen molar-refractivity contribution in [2.45, 2.75) is 50.2 Å². The van der Waals surface area contributed by atoms with Crippen LogP contribution in [0.3, 0.4) is 0 Å². The molecule has 2 unspecified atom stereocenters. The Bertz CT molecular complexity index is 365. The van der Waals surface area contributed by atoms with Gasteiger partial charge in [0, 0.05) is 6.42 Å². The second-order valence-electron chi connectivity index (χ2n) is 5.32. The minimum absolute atomic E-state index is 0.152. The Hall–Kier alpha value is -1.13. The highest BCUT2D eigenvalue weighted by molar-refractivity contribution is 6.03. The second kappa shape index (κ2) is 2.96. The largest absolute Gasteiger partial charge is 0.331 e. The van der Waals surface area contributed by atoms with E-state index in [4.69, 9.17) is 0 Å². The first-order valence-corrected chi connectivity index (χ1v) is 5.88. The van der Waals surface area contributed by atoms with Gasteiger partial charge in [0.05, 0.1) is 6.04 Å². The predicted molar refractivity (Wildman–Crippen MR) is 54.4 cm³/mol. The van der Waals surface area contributed by atoms with Crippen LogP contribution in [-0.4, -0.2) is 23.6 Å². The molecule has 3 rings (SSSR count). The van der Waals surface area contributed by atoms with Gasteiger partial charge in [0.25, 0.3) is 5.91 Å². The summed E-state index contributed by atoms with van der Waals surface area (Å²) < 4.78 is 14.3. The number of halogens is 1. The van der Waals surface area contributed by atoms with E-state index in [0.717, 1.165) is 25.7 Å². The lowest BCUT2D eigenvalue weighted by atomic mass is 9.50. The minimum Gasteiger partial charge on any atom is -0.331 e. The van der Waals surface area contributed by atoms with Crippen LogP contribution in [0.2, 0.25) is 0 Å². The van der Waals surface area contributed by atoms with E-state index in [0.29, 0.717) is 0 Å². The lowest BCUT2D eigenvalue weighted by molar-refractivity contribution is -0.168. The molecule has 1 heterocycles. The molecule has 3 aliphatic rings. The van der Waals surface area contributed by atoms with Crippen LogP contribution in [0, 0.1) is 5.41 Å². The van der Waals surface area contributed by atoms with Crippen molar-refractivity contribution in [3.8, 4) is 0 Å². The fraction of sp³-hybridized carbons (Fsp3) is 0.818. The zero-order chi connectivity index (χ0) is 11.4. The quantitative estimate of drug-likeness (QED) is 0.653. The van der Waals surface area contributed by atoms with Crippen LogP contribution in [-0.2, 0) is 4.79 Å². The highest BCUT2D eigenvalue weighted by Gasteiger charge is 2.70. The average Bonchev–Trinajstić information content (AvgIpc) is 2.25. The topological polar surface area (TPSA) is 58.2 Å². The first kappa shape index (κ1) is 10.1. The number of alkyl halides is 1. The zero-order valence-electron chi connectivity index (χ0n) is 9.01. The molecular formula is C11H15FN2O2. The van der Waals surface area contributed by atoms with Crippen LogP contribution < -0.4 is 10.6 Å². The predicted octanol–water partition coefficient (Wildman–Crippen LogP) is 1.26. The van der Waals surface area contributed by atoms with Gasteiger partial charge in [-0.2, -0.15) is 0 Å². The van der Waals surface area contributed by atoms with E-state index in [1.807, 2.05) is 5.32 Å². The Morgan fingerprint density at radius 3 is 2.56 bits per heavy atom. The molecule has 1 saturated heterocycles. The molecule has 3 amide bonds. The van der Waals surface area contributed by atoms with Gasteiger partial charge < -0.3 is 5.32 Å². The van der Waals surface area contributed by atoms with Crippen molar-refractivity contribution in [2.24, 2.45) is 5.41 Å². The second-order valence-corrected chi connectivity index (χ2v) is 5.32. The van der Waals surface area contributed by atoms with Gasteiger partial charge in [-0.3, -0.25) is 10.1 Å². The summed E-state index contributed by atoms with van der Waals surface area (Å²) in [4.78, 5) is 22.7. The summed E-state index contributed by atoms with van der Waals surface area (Å²) in [6.45, 7) is 0. The van der Waals surface area contributed by atoms with Crippen LogP contribution in [0.1, 0.15) is 38.5 Å². The summed E-state index contributed by atoms with van der Waals surface area (Å²) in [6.07, 6.45) is 5.45. The van der Waals surface area contributed by atoms with Gasteiger partial charge in [-0.25, -0.2) is 9.18 Å². The monoisotopic (exact) mass is 226 g/mol. The summed E-state index contributed by atoms with van der Waals surface area (Å²) in [7, 11) is 0. The van der Waals surface area contributed by atoms with E-state index >= 15 is 0 Å². The third kappa shape index (κ3) is 1.09. The number of nitrogens with one attached hydrogen (secondary N) is 2. The molecule has 1 spiro atoms. The van der Waals surface area contributed by atoms with Crippen molar-refractivity contribution in [3.05, 3.63) is 0 Å². The molecule has 0 bridgehead atoms.